The Morgan fingerprint density at radius 3 is 1.74 bits per heavy atom. The molecule has 0 radical (unpaired) electrons. The van der Waals surface area contributed by atoms with Gasteiger partial charge in [0.25, 0.3) is 0 Å². The van der Waals surface area contributed by atoms with E-state index in [0.29, 0.717) is 57.9 Å². The van der Waals surface area contributed by atoms with Gasteiger partial charge in [-0.05, 0) is 44.6 Å². The summed E-state index contributed by atoms with van der Waals surface area (Å²) in [6.07, 6.45) is 7.69. The van der Waals surface area contributed by atoms with Crippen molar-refractivity contribution in [1.82, 2.24) is 21.3 Å². The molecule has 1 saturated heterocycles. The first-order valence-electron chi connectivity index (χ1n) is 10.0. The number of unbranched alkanes of at least 4 members (excludes halogenated alkanes) is 2. The van der Waals surface area contributed by atoms with Crippen LogP contribution in [0.2, 0.25) is 0 Å². The zero-order valence-electron chi connectivity index (χ0n) is 17.1. The van der Waals surface area contributed by atoms with Crippen LogP contribution in [-0.4, -0.2) is 66.2 Å². The molecule has 0 aromatic carbocycles. The second-order valence-corrected chi connectivity index (χ2v) is 6.86. The Labute approximate surface area is 179 Å². The summed E-state index contributed by atoms with van der Waals surface area (Å²) in [7, 11) is 0. The molecule has 2 unspecified atom stereocenters. The van der Waals surface area contributed by atoms with E-state index in [2.05, 4.69) is 21.3 Å². The molecule has 0 spiro atoms. The average Bonchev–Trinajstić information content (AvgIpc) is 2.73. The van der Waals surface area contributed by atoms with Gasteiger partial charge in [0.05, 0.1) is 0 Å². The van der Waals surface area contributed by atoms with Gasteiger partial charge in [0, 0.05) is 31.3 Å². The van der Waals surface area contributed by atoms with Crippen molar-refractivity contribution >= 4 is 35.9 Å². The molecule has 0 saturated carbocycles. The second-order valence-electron chi connectivity index (χ2n) is 6.86. The maximum atomic E-state index is 12.2. The van der Waals surface area contributed by atoms with Crippen LogP contribution in [0.4, 0.5) is 0 Å². The molecule has 1 aliphatic rings. The Morgan fingerprint density at radius 2 is 1.29 bits per heavy atom. The number of carboxylic acids is 1. The molecule has 1 heterocycles. The topological polar surface area (TPSA) is 171 Å². The number of carbonyl (C=O) groups is 6. The predicted octanol–water partition coefficient (Wildman–Crippen LogP) is -1.06. The fraction of sp³-hybridized carbons (Fsp3) is 0.500. The molecule has 170 valence electrons. The number of hydrogen-bond acceptors (Lipinski definition) is 6. The van der Waals surface area contributed by atoms with Crippen molar-refractivity contribution in [2.24, 2.45) is 0 Å². The lowest BCUT2D eigenvalue weighted by atomic mass is 10.0. The lowest BCUT2D eigenvalue weighted by Gasteiger charge is -2.29. The van der Waals surface area contributed by atoms with Crippen LogP contribution >= 0.6 is 0 Å². The Kier molecular flexibility index (Phi) is 11.9. The highest BCUT2D eigenvalue weighted by Gasteiger charge is 2.32. The Morgan fingerprint density at radius 1 is 0.806 bits per heavy atom. The number of aldehydes is 1. The number of amides is 4. The molecule has 31 heavy (non-hydrogen) atoms. The number of piperazine rings is 1. The van der Waals surface area contributed by atoms with Crippen LogP contribution < -0.4 is 21.3 Å². The van der Waals surface area contributed by atoms with Crippen molar-refractivity contribution in [3.63, 3.8) is 0 Å². The van der Waals surface area contributed by atoms with Crippen LogP contribution in [0, 0.1) is 0 Å². The Balaban J connectivity index is 2.19. The molecule has 1 fully saturated rings. The SMILES string of the molecule is O=C/C=C/C(=O)NCCCCC1NC(=O)C(CCCCNC(=O)/C=C/C(=O)O)NC1=O. The van der Waals surface area contributed by atoms with Gasteiger partial charge in [-0.2, -0.15) is 0 Å². The highest BCUT2D eigenvalue weighted by Crippen LogP contribution is 2.10. The van der Waals surface area contributed by atoms with E-state index < -0.39 is 24.0 Å². The van der Waals surface area contributed by atoms with Crippen LogP contribution in [0.15, 0.2) is 24.3 Å². The third kappa shape index (κ3) is 11.3. The van der Waals surface area contributed by atoms with E-state index in [9.17, 15) is 28.8 Å². The molecular weight excluding hydrogens is 408 g/mol. The summed E-state index contributed by atoms with van der Waals surface area (Å²) in [4.78, 5) is 67.4. The quantitative estimate of drug-likeness (QED) is 0.131. The number of hydrogen-bond donors (Lipinski definition) is 5. The summed E-state index contributed by atoms with van der Waals surface area (Å²) < 4.78 is 0. The van der Waals surface area contributed by atoms with Crippen LogP contribution in [0.1, 0.15) is 38.5 Å². The highest BCUT2D eigenvalue weighted by atomic mass is 16.4. The van der Waals surface area contributed by atoms with E-state index in [-0.39, 0.29) is 17.7 Å². The minimum atomic E-state index is -1.21. The largest absolute Gasteiger partial charge is 0.478 e. The van der Waals surface area contributed by atoms with Crippen molar-refractivity contribution in [1.29, 1.82) is 0 Å². The number of aliphatic carboxylic acids is 1. The Bertz CT molecular complexity index is 733. The van der Waals surface area contributed by atoms with Gasteiger partial charge >= 0.3 is 5.97 Å². The predicted molar refractivity (Wildman–Crippen MR) is 110 cm³/mol. The van der Waals surface area contributed by atoms with E-state index in [1.54, 1.807) is 0 Å². The van der Waals surface area contributed by atoms with Crippen molar-refractivity contribution in [2.75, 3.05) is 13.1 Å². The van der Waals surface area contributed by atoms with E-state index >= 15 is 0 Å². The Hall–Kier alpha value is -3.50. The monoisotopic (exact) mass is 436 g/mol. The van der Waals surface area contributed by atoms with Gasteiger partial charge in [0.15, 0.2) is 0 Å². The first kappa shape index (κ1) is 25.5. The molecule has 4 amide bonds. The molecule has 0 aromatic rings. The molecule has 0 bridgehead atoms. The summed E-state index contributed by atoms with van der Waals surface area (Å²) >= 11 is 0. The minimum absolute atomic E-state index is 0.255. The normalized spacial score (nSPS) is 18.5. The zero-order chi connectivity index (χ0) is 23.1. The molecule has 0 aromatic heterocycles. The van der Waals surface area contributed by atoms with Crippen LogP contribution in [-0.2, 0) is 28.8 Å². The van der Waals surface area contributed by atoms with Crippen molar-refractivity contribution in [3.05, 3.63) is 24.3 Å². The first-order valence-corrected chi connectivity index (χ1v) is 10.0. The lowest BCUT2D eigenvalue weighted by Crippen LogP contribution is -2.61. The highest BCUT2D eigenvalue weighted by molar-refractivity contribution is 5.97. The van der Waals surface area contributed by atoms with Gasteiger partial charge in [-0.3, -0.25) is 24.0 Å². The van der Waals surface area contributed by atoms with Gasteiger partial charge in [-0.25, -0.2) is 4.79 Å². The van der Waals surface area contributed by atoms with Gasteiger partial charge < -0.3 is 26.4 Å². The lowest BCUT2D eigenvalue weighted by molar-refractivity contribution is -0.137. The number of carboxylic acid groups (broad SMARTS) is 1. The van der Waals surface area contributed by atoms with E-state index in [4.69, 9.17) is 5.11 Å². The maximum Gasteiger partial charge on any atom is 0.328 e. The van der Waals surface area contributed by atoms with Gasteiger partial charge in [-0.15, -0.1) is 0 Å². The van der Waals surface area contributed by atoms with E-state index in [1.165, 1.54) is 0 Å². The van der Waals surface area contributed by atoms with E-state index in [1.807, 2.05) is 0 Å². The molecule has 1 rings (SSSR count). The number of rotatable bonds is 14. The third-order valence-electron chi connectivity index (χ3n) is 4.41. The second kappa shape index (κ2) is 14.5. The fourth-order valence-electron chi connectivity index (χ4n) is 2.84. The fourth-order valence-corrected chi connectivity index (χ4v) is 2.84. The molecule has 11 heteroatoms. The summed E-state index contributed by atoms with van der Waals surface area (Å²) in [5.74, 6) is -2.59. The van der Waals surface area contributed by atoms with E-state index in [0.717, 1.165) is 24.3 Å². The summed E-state index contributed by atoms with van der Waals surface area (Å²) in [6, 6.07) is -1.25. The van der Waals surface area contributed by atoms with Crippen molar-refractivity contribution in [3.8, 4) is 0 Å². The molecule has 2 atom stereocenters. The van der Waals surface area contributed by atoms with Gasteiger partial charge in [-0.1, -0.05) is 0 Å². The molecule has 0 aliphatic carbocycles. The molecule has 5 N–H and O–H groups in total. The van der Waals surface area contributed by atoms with Crippen LogP contribution in [0.3, 0.4) is 0 Å². The third-order valence-corrected chi connectivity index (χ3v) is 4.41. The smallest absolute Gasteiger partial charge is 0.328 e. The average molecular weight is 436 g/mol. The number of carbonyl (C=O) groups excluding carboxylic acids is 5. The zero-order valence-corrected chi connectivity index (χ0v) is 17.1. The van der Waals surface area contributed by atoms with Crippen molar-refractivity contribution in [2.45, 2.75) is 50.6 Å². The first-order chi connectivity index (χ1) is 14.8. The van der Waals surface area contributed by atoms with Crippen molar-refractivity contribution < 1.29 is 33.9 Å². The standard InChI is InChI=1S/C20H28N4O7/c25-13-5-8-16(26)21-11-3-1-6-14-19(30)24-15(20(31)23-14)7-2-4-12-22-17(27)9-10-18(28)29/h5,8-10,13-15H,1-4,6-7,11-12H2,(H,21,26)(H,22,27)(H,23,31)(H,24,30)(H,28,29)/b8-5+,10-9+. The minimum Gasteiger partial charge on any atom is -0.478 e. The van der Waals surface area contributed by atoms with Gasteiger partial charge in [0.1, 0.15) is 18.4 Å². The number of allylic oxidation sites excluding steroid dienone is 1. The molecule has 11 nitrogen and oxygen atoms in total. The summed E-state index contributed by atoms with van der Waals surface area (Å²) in [5, 5.41) is 19.0. The van der Waals surface area contributed by atoms with Gasteiger partial charge in [0.2, 0.25) is 23.6 Å². The molecular formula is C20H28N4O7. The number of nitrogens with one attached hydrogen (secondary N) is 4. The maximum absolute atomic E-state index is 12.2. The summed E-state index contributed by atoms with van der Waals surface area (Å²) in [6.45, 7) is 0.727. The summed E-state index contributed by atoms with van der Waals surface area (Å²) in [5.41, 5.74) is 0. The van der Waals surface area contributed by atoms with Crippen LogP contribution in [0.25, 0.3) is 0 Å². The van der Waals surface area contributed by atoms with Crippen LogP contribution in [0.5, 0.6) is 0 Å². The molecule has 1 aliphatic heterocycles.